The molecule has 35 heavy (non-hydrogen) atoms. The predicted octanol–water partition coefficient (Wildman–Crippen LogP) is 1.05. The summed E-state index contributed by atoms with van der Waals surface area (Å²) in [6.45, 7) is 7.19. The normalized spacial score (nSPS) is 24.7. The van der Waals surface area contributed by atoms with E-state index in [0.717, 1.165) is 30.8 Å². The van der Waals surface area contributed by atoms with Gasteiger partial charge in [0.1, 0.15) is 6.04 Å². The van der Waals surface area contributed by atoms with Crippen molar-refractivity contribution in [1.82, 2.24) is 15.5 Å². The van der Waals surface area contributed by atoms with Crippen molar-refractivity contribution >= 4 is 33.0 Å². The summed E-state index contributed by atoms with van der Waals surface area (Å²) in [7, 11) is -3.29. The highest BCUT2D eigenvalue weighted by Crippen LogP contribution is 2.39. The summed E-state index contributed by atoms with van der Waals surface area (Å²) >= 11 is 0. The first-order valence-corrected chi connectivity index (χ1v) is 13.8. The van der Waals surface area contributed by atoms with Crippen molar-refractivity contribution < 1.29 is 18.0 Å². The van der Waals surface area contributed by atoms with Gasteiger partial charge in [-0.2, -0.15) is 0 Å². The van der Waals surface area contributed by atoms with Gasteiger partial charge in [0.2, 0.25) is 11.8 Å². The summed E-state index contributed by atoms with van der Waals surface area (Å²) in [6.07, 6.45) is 1.33. The molecule has 2 unspecified atom stereocenters. The van der Waals surface area contributed by atoms with Gasteiger partial charge < -0.3 is 15.1 Å². The lowest BCUT2D eigenvalue weighted by Crippen LogP contribution is -2.56. The Labute approximate surface area is 206 Å². The largest absolute Gasteiger partial charge is 0.313 e. The van der Waals surface area contributed by atoms with Crippen LogP contribution < -0.4 is 20.4 Å². The van der Waals surface area contributed by atoms with Crippen LogP contribution in [-0.2, 0) is 19.4 Å². The molecule has 0 aromatic heterocycles. The highest BCUT2D eigenvalue weighted by molar-refractivity contribution is 7.90. The molecule has 186 valence electrons. The van der Waals surface area contributed by atoms with Crippen molar-refractivity contribution in [3.63, 3.8) is 0 Å². The Balaban J connectivity index is 1.51. The summed E-state index contributed by atoms with van der Waals surface area (Å²) in [6, 6.07) is 11.9. The second-order valence-electron chi connectivity index (χ2n) is 9.62. The SMILES string of the molecule is CC(=O)N1c2ccc(-c3ccc(S(C)(=O)=O)cc3)cc2N(C(=O)C2CN3CCNCC3N2)C[C@@H]1C. The lowest BCUT2D eigenvalue weighted by atomic mass is 10.00. The molecule has 3 atom stereocenters. The highest BCUT2D eigenvalue weighted by Gasteiger charge is 2.41. The second-order valence-corrected chi connectivity index (χ2v) is 11.6. The van der Waals surface area contributed by atoms with E-state index in [0.29, 0.717) is 24.5 Å². The lowest BCUT2D eigenvalue weighted by molar-refractivity contribution is -0.121. The molecule has 10 heteroatoms. The molecule has 2 aromatic carbocycles. The third-order valence-electron chi connectivity index (χ3n) is 7.10. The first-order valence-electron chi connectivity index (χ1n) is 11.9. The van der Waals surface area contributed by atoms with Gasteiger partial charge in [0.05, 0.1) is 28.5 Å². The minimum Gasteiger partial charge on any atom is -0.313 e. The van der Waals surface area contributed by atoms with Crippen LogP contribution in [0.5, 0.6) is 0 Å². The number of piperazine rings is 1. The Morgan fingerprint density at radius 1 is 1.00 bits per heavy atom. The molecule has 3 aliphatic heterocycles. The Hall–Kier alpha value is -2.79. The zero-order valence-electron chi connectivity index (χ0n) is 20.2. The third kappa shape index (κ3) is 4.47. The van der Waals surface area contributed by atoms with E-state index in [2.05, 4.69) is 15.5 Å². The van der Waals surface area contributed by atoms with E-state index in [1.165, 1.54) is 6.26 Å². The van der Waals surface area contributed by atoms with Crippen LogP contribution in [0.3, 0.4) is 0 Å². The van der Waals surface area contributed by atoms with Gasteiger partial charge in [0.15, 0.2) is 9.84 Å². The molecule has 0 radical (unpaired) electrons. The lowest BCUT2D eigenvalue weighted by Gasteiger charge is -2.41. The van der Waals surface area contributed by atoms with Gasteiger partial charge in [0.25, 0.3) is 0 Å². The summed E-state index contributed by atoms with van der Waals surface area (Å²) in [4.78, 5) is 32.4. The van der Waals surface area contributed by atoms with Crippen LogP contribution in [0.2, 0.25) is 0 Å². The number of amides is 2. The number of anilines is 2. The number of fused-ring (bicyclic) bond motifs is 2. The third-order valence-corrected chi connectivity index (χ3v) is 8.23. The van der Waals surface area contributed by atoms with Gasteiger partial charge in [-0.15, -0.1) is 0 Å². The molecule has 2 N–H and O–H groups in total. The second kappa shape index (κ2) is 9.02. The van der Waals surface area contributed by atoms with Gasteiger partial charge >= 0.3 is 0 Å². The van der Waals surface area contributed by atoms with Gasteiger partial charge in [-0.3, -0.25) is 19.8 Å². The number of benzene rings is 2. The number of nitrogens with zero attached hydrogens (tertiary/aromatic N) is 3. The van der Waals surface area contributed by atoms with Gasteiger partial charge in [-0.05, 0) is 42.3 Å². The average Bonchev–Trinajstić information content (AvgIpc) is 3.26. The van der Waals surface area contributed by atoms with Crippen LogP contribution in [0, 0.1) is 0 Å². The van der Waals surface area contributed by atoms with Crippen molar-refractivity contribution in [2.75, 3.05) is 48.8 Å². The fourth-order valence-corrected chi connectivity index (χ4v) is 6.00. The fraction of sp³-hybridized carbons (Fsp3) is 0.440. The standard InChI is InChI=1S/C25H31N5O4S/c1-16-14-29(25(32)21-15-28-11-10-26-13-24(28)27-21)23-12-19(6-9-22(23)30(16)17(2)31)18-4-7-20(8-5-18)35(3,33)34/h4-9,12,16,21,24,26-27H,10-11,13-15H2,1-3H3/t16-,21?,24?/m0/s1. The van der Waals surface area contributed by atoms with Crippen molar-refractivity contribution in [3.8, 4) is 11.1 Å². The molecule has 3 aliphatic rings. The van der Waals surface area contributed by atoms with E-state index in [1.54, 1.807) is 41.0 Å². The number of nitrogens with one attached hydrogen (secondary N) is 2. The number of hydrogen-bond acceptors (Lipinski definition) is 7. The first-order chi connectivity index (χ1) is 16.6. The molecule has 9 nitrogen and oxygen atoms in total. The average molecular weight is 498 g/mol. The van der Waals surface area contributed by atoms with Crippen molar-refractivity contribution in [1.29, 1.82) is 0 Å². The minimum absolute atomic E-state index is 0.000256. The molecule has 2 amide bonds. The van der Waals surface area contributed by atoms with E-state index in [9.17, 15) is 18.0 Å². The molecule has 3 heterocycles. The molecule has 5 rings (SSSR count). The van der Waals surface area contributed by atoms with Crippen LogP contribution in [0.1, 0.15) is 13.8 Å². The van der Waals surface area contributed by atoms with E-state index in [-0.39, 0.29) is 35.0 Å². The molecular weight excluding hydrogens is 466 g/mol. The van der Waals surface area contributed by atoms with Crippen LogP contribution in [0.25, 0.3) is 11.1 Å². The van der Waals surface area contributed by atoms with Gasteiger partial charge in [-0.1, -0.05) is 18.2 Å². The summed E-state index contributed by atoms with van der Waals surface area (Å²) < 4.78 is 23.7. The number of sulfone groups is 1. The Morgan fingerprint density at radius 2 is 1.71 bits per heavy atom. The van der Waals surface area contributed by atoms with Crippen LogP contribution in [-0.4, -0.2) is 82.4 Å². The first kappa shape index (κ1) is 23.9. The molecule has 0 aliphatic carbocycles. The Morgan fingerprint density at radius 3 is 2.37 bits per heavy atom. The number of carbonyl (C=O) groups excluding carboxylic acids is 2. The molecular formula is C25H31N5O4S. The molecule has 2 saturated heterocycles. The quantitative estimate of drug-likeness (QED) is 0.654. The van der Waals surface area contributed by atoms with Crippen LogP contribution in [0.15, 0.2) is 47.4 Å². The van der Waals surface area contributed by atoms with E-state index >= 15 is 0 Å². The highest BCUT2D eigenvalue weighted by atomic mass is 32.2. The van der Waals surface area contributed by atoms with Crippen molar-refractivity contribution in [3.05, 3.63) is 42.5 Å². The zero-order chi connectivity index (χ0) is 24.9. The molecule has 2 aromatic rings. The van der Waals surface area contributed by atoms with Gasteiger partial charge in [-0.25, -0.2) is 8.42 Å². The minimum atomic E-state index is -3.29. The van der Waals surface area contributed by atoms with E-state index < -0.39 is 9.84 Å². The maximum Gasteiger partial charge on any atom is 0.245 e. The predicted molar refractivity (Wildman–Crippen MR) is 135 cm³/mol. The number of carbonyl (C=O) groups is 2. The summed E-state index contributed by atoms with van der Waals surface area (Å²) in [5.74, 6) is -0.0708. The zero-order valence-corrected chi connectivity index (χ0v) is 21.0. The number of hydrogen-bond donors (Lipinski definition) is 2. The maximum absolute atomic E-state index is 13.8. The van der Waals surface area contributed by atoms with Gasteiger partial charge in [0, 0.05) is 45.9 Å². The topological polar surface area (TPSA) is 102 Å². The van der Waals surface area contributed by atoms with Crippen LogP contribution in [0.4, 0.5) is 11.4 Å². The molecule has 0 spiro atoms. The van der Waals surface area contributed by atoms with E-state index in [4.69, 9.17) is 0 Å². The summed E-state index contributed by atoms with van der Waals surface area (Å²) in [5.41, 5.74) is 3.08. The van der Waals surface area contributed by atoms with Crippen LogP contribution >= 0.6 is 0 Å². The maximum atomic E-state index is 13.8. The molecule has 0 saturated carbocycles. The van der Waals surface area contributed by atoms with Crippen molar-refractivity contribution in [2.24, 2.45) is 0 Å². The monoisotopic (exact) mass is 497 g/mol. The Kier molecular flexibility index (Phi) is 6.16. The summed E-state index contributed by atoms with van der Waals surface area (Å²) in [5, 5.41) is 6.84. The van der Waals surface area contributed by atoms with E-state index in [1.807, 2.05) is 25.1 Å². The fourth-order valence-electron chi connectivity index (χ4n) is 5.37. The molecule has 0 bridgehead atoms. The smallest absolute Gasteiger partial charge is 0.245 e. The Bertz CT molecular complexity index is 1250. The van der Waals surface area contributed by atoms with Crippen molar-refractivity contribution in [2.45, 2.75) is 37.0 Å². The number of rotatable bonds is 3. The molecule has 2 fully saturated rings.